The number of fused-ring (bicyclic) bond motifs is 2. The van der Waals surface area contributed by atoms with Crippen molar-refractivity contribution in [2.24, 2.45) is 0 Å². The summed E-state index contributed by atoms with van der Waals surface area (Å²) in [5.74, 6) is -2.00. The van der Waals surface area contributed by atoms with Crippen LogP contribution in [0.2, 0.25) is 0 Å². The average Bonchev–Trinajstić information content (AvgIpc) is 3.45. The molecule has 1 atom stereocenters. The Morgan fingerprint density at radius 1 is 1.09 bits per heavy atom. The zero-order chi connectivity index (χ0) is 31.8. The monoisotopic (exact) mass is 605 g/mol. The first-order valence-electron chi connectivity index (χ1n) is 15.4. The quantitative estimate of drug-likeness (QED) is 0.315. The van der Waals surface area contributed by atoms with Gasteiger partial charge < -0.3 is 24.2 Å². The van der Waals surface area contributed by atoms with Crippen LogP contribution in [-0.2, 0) is 24.3 Å². The first kappa shape index (κ1) is 30.1. The Morgan fingerprint density at radius 2 is 1.87 bits per heavy atom. The van der Waals surface area contributed by atoms with E-state index in [-0.39, 0.29) is 36.8 Å². The minimum absolute atomic E-state index is 0.0647. The van der Waals surface area contributed by atoms with Gasteiger partial charge in [-0.3, -0.25) is 9.59 Å². The summed E-state index contributed by atoms with van der Waals surface area (Å²) in [6, 6.07) is 17.0. The molecule has 9 nitrogen and oxygen atoms in total. The van der Waals surface area contributed by atoms with Crippen molar-refractivity contribution in [3.63, 3.8) is 0 Å². The van der Waals surface area contributed by atoms with E-state index in [1.54, 1.807) is 0 Å². The molecule has 3 aromatic rings. The molecule has 1 aromatic heterocycles. The zero-order valence-corrected chi connectivity index (χ0v) is 25.7. The minimum atomic E-state index is -1.11. The number of carbonyl (C=O) groups excluding carboxylic acids is 1. The van der Waals surface area contributed by atoms with Gasteiger partial charge in [0.2, 0.25) is 0 Å². The van der Waals surface area contributed by atoms with Crippen molar-refractivity contribution >= 4 is 28.1 Å². The van der Waals surface area contributed by atoms with Crippen LogP contribution in [0.25, 0.3) is 10.8 Å². The molecule has 0 radical (unpaired) electrons. The van der Waals surface area contributed by atoms with Crippen molar-refractivity contribution in [3.8, 4) is 12.1 Å². The predicted molar refractivity (Wildman–Crippen MR) is 172 cm³/mol. The van der Waals surface area contributed by atoms with Crippen LogP contribution in [0.4, 0.5) is 15.8 Å². The van der Waals surface area contributed by atoms with Gasteiger partial charge in [-0.25, -0.2) is 4.39 Å². The highest BCUT2D eigenvalue weighted by molar-refractivity contribution is 5.97. The van der Waals surface area contributed by atoms with E-state index in [9.17, 15) is 24.5 Å². The first-order valence-corrected chi connectivity index (χ1v) is 15.4. The number of piperazine rings is 1. The van der Waals surface area contributed by atoms with Crippen LogP contribution in [0.3, 0.4) is 0 Å². The number of benzene rings is 2. The molecule has 0 saturated carbocycles. The Bertz CT molecular complexity index is 1880. The molecule has 1 amide bonds. The number of hydrogen-bond acceptors (Lipinski definition) is 7. The average molecular weight is 606 g/mol. The summed E-state index contributed by atoms with van der Waals surface area (Å²) >= 11 is 0. The minimum Gasteiger partial charge on any atom is -0.365 e. The highest BCUT2D eigenvalue weighted by Crippen LogP contribution is 2.37. The number of anilines is 2. The molecule has 230 valence electrons. The first-order chi connectivity index (χ1) is 21.7. The largest absolute Gasteiger partial charge is 0.365 e. The van der Waals surface area contributed by atoms with Crippen LogP contribution >= 0.6 is 0 Å². The van der Waals surface area contributed by atoms with Gasteiger partial charge >= 0.3 is 0 Å². The van der Waals surface area contributed by atoms with Crippen molar-refractivity contribution in [1.82, 2.24) is 14.4 Å². The lowest BCUT2D eigenvalue weighted by Crippen LogP contribution is -2.49. The molecule has 4 heterocycles. The van der Waals surface area contributed by atoms with Crippen molar-refractivity contribution in [1.29, 1.82) is 10.5 Å². The second-order valence-electron chi connectivity index (χ2n) is 12.1. The number of nitriles is 2. The van der Waals surface area contributed by atoms with E-state index < -0.39 is 11.7 Å². The summed E-state index contributed by atoms with van der Waals surface area (Å²) in [6.07, 6.45) is 3.85. The third kappa shape index (κ3) is 5.36. The molecule has 3 aliphatic heterocycles. The van der Waals surface area contributed by atoms with E-state index >= 15 is 0 Å². The molecule has 2 fully saturated rings. The Morgan fingerprint density at radius 3 is 2.56 bits per heavy atom. The molecular formula is C35H36FN7O2. The molecule has 0 N–H and O–H groups in total. The number of hydrogen-bond donors (Lipinski definition) is 0. The van der Waals surface area contributed by atoms with Crippen LogP contribution in [0, 0.1) is 29.6 Å². The lowest BCUT2D eigenvalue weighted by Gasteiger charge is -2.41. The highest BCUT2D eigenvalue weighted by Gasteiger charge is 2.35. The second-order valence-corrected chi connectivity index (χ2v) is 12.1. The van der Waals surface area contributed by atoms with Gasteiger partial charge in [-0.1, -0.05) is 36.9 Å². The number of aromatic nitrogens is 1. The van der Waals surface area contributed by atoms with Crippen molar-refractivity contribution in [2.75, 3.05) is 49.6 Å². The molecule has 2 aromatic carbocycles. The Hall–Kier alpha value is -4.93. The fourth-order valence-corrected chi connectivity index (χ4v) is 7.29. The maximum Gasteiger partial charge on any atom is 0.286 e. The normalized spacial score (nSPS) is 19.4. The van der Waals surface area contributed by atoms with Gasteiger partial charge in [0.15, 0.2) is 5.83 Å². The molecule has 0 unspecified atom stereocenters. The summed E-state index contributed by atoms with van der Waals surface area (Å²) in [5.41, 5.74) is 4.69. The lowest BCUT2D eigenvalue weighted by atomic mass is 9.95. The maximum absolute atomic E-state index is 14.3. The van der Waals surface area contributed by atoms with Crippen LogP contribution in [-0.4, -0.2) is 66.1 Å². The molecule has 6 rings (SSSR count). The highest BCUT2D eigenvalue weighted by atomic mass is 19.1. The van der Waals surface area contributed by atoms with Crippen molar-refractivity contribution in [2.45, 2.75) is 45.3 Å². The van der Waals surface area contributed by atoms with Crippen molar-refractivity contribution < 1.29 is 9.18 Å². The summed E-state index contributed by atoms with van der Waals surface area (Å²) < 4.78 is 15.7. The molecule has 0 spiro atoms. The number of likely N-dealkylation sites (N-methyl/N-ethyl adjacent to an activating group) is 1. The molecule has 0 aliphatic carbocycles. The maximum atomic E-state index is 14.3. The molecule has 3 aliphatic rings. The fraction of sp³-hybridized carbons (Fsp3) is 0.371. The van der Waals surface area contributed by atoms with Gasteiger partial charge in [0.25, 0.3) is 11.5 Å². The Balaban J connectivity index is 1.48. The van der Waals surface area contributed by atoms with Gasteiger partial charge in [0, 0.05) is 60.6 Å². The van der Waals surface area contributed by atoms with E-state index in [1.165, 1.54) is 21.9 Å². The third-order valence-electron chi connectivity index (χ3n) is 9.55. The second kappa shape index (κ2) is 12.2. The summed E-state index contributed by atoms with van der Waals surface area (Å²) in [4.78, 5) is 34.5. The topological polar surface area (TPSA) is 99.6 Å². The van der Waals surface area contributed by atoms with E-state index in [1.807, 2.05) is 15.5 Å². The van der Waals surface area contributed by atoms with Gasteiger partial charge in [-0.15, -0.1) is 0 Å². The summed E-state index contributed by atoms with van der Waals surface area (Å²) in [7, 11) is 2.08. The number of allylic oxidation sites excluding steroid dienone is 1. The van der Waals surface area contributed by atoms with E-state index in [4.69, 9.17) is 0 Å². The van der Waals surface area contributed by atoms with Crippen LogP contribution in [0.5, 0.6) is 0 Å². The van der Waals surface area contributed by atoms with Crippen LogP contribution < -0.4 is 15.4 Å². The molecule has 10 heteroatoms. The molecule has 2 saturated heterocycles. The van der Waals surface area contributed by atoms with Crippen LogP contribution in [0.1, 0.15) is 35.2 Å². The van der Waals surface area contributed by atoms with Gasteiger partial charge in [-0.05, 0) is 56.8 Å². The molecule has 0 bridgehead atoms. The smallest absolute Gasteiger partial charge is 0.286 e. The number of amides is 1. The number of rotatable bonds is 5. The number of halogens is 1. The van der Waals surface area contributed by atoms with Crippen LogP contribution in [0.15, 0.2) is 65.4 Å². The van der Waals surface area contributed by atoms with Gasteiger partial charge in [0.1, 0.15) is 11.6 Å². The number of nitrogens with zero attached hydrogens (tertiary/aromatic N) is 7. The Labute approximate surface area is 262 Å². The van der Waals surface area contributed by atoms with E-state index in [0.717, 1.165) is 41.7 Å². The van der Waals surface area contributed by atoms with Gasteiger partial charge in [-0.2, -0.15) is 10.5 Å². The fourth-order valence-electron chi connectivity index (χ4n) is 7.29. The van der Waals surface area contributed by atoms with E-state index in [2.05, 4.69) is 72.8 Å². The molecular weight excluding hydrogens is 569 g/mol. The molecule has 45 heavy (non-hydrogen) atoms. The third-order valence-corrected chi connectivity index (χ3v) is 9.55. The number of pyridine rings is 1. The van der Waals surface area contributed by atoms with E-state index in [0.29, 0.717) is 37.4 Å². The Kier molecular flexibility index (Phi) is 8.18. The number of likely N-dealkylation sites (tertiary alicyclic amines) is 1. The SMILES string of the molecule is C=C(F)C(=O)N1CCN(c2c3c(n(C[C@@H]4CCCN4C)c(=O)c2C#N)CN(c2cccc4cccc(C)c24)CC3)CC1=CC#N. The van der Waals surface area contributed by atoms with Crippen molar-refractivity contribution in [3.05, 3.63) is 93.3 Å². The summed E-state index contributed by atoms with van der Waals surface area (Å²) in [6.45, 7) is 8.32. The number of carbonyl (C=O) groups is 1. The number of aryl methyl sites for hydroxylation is 1. The standard InChI is InChI=1S/C35H36FN7O2/c1-23-7-4-8-25-9-5-11-30(32(23)25)40-16-13-28-31(22-40)43(21-26-10-6-15-39(26)3)35(45)29(19-38)33(28)41-17-18-42(34(44)24(2)36)27(20-41)12-14-37/h4-5,7-9,11-12,26H,2,6,10,13,15-18,20-22H2,1,3H3/t26-/m0/s1. The zero-order valence-electron chi connectivity index (χ0n) is 25.7. The lowest BCUT2D eigenvalue weighted by molar-refractivity contribution is -0.127. The predicted octanol–water partition coefficient (Wildman–Crippen LogP) is 4.38. The summed E-state index contributed by atoms with van der Waals surface area (Å²) in [5, 5.41) is 22.2. The van der Waals surface area contributed by atoms with Gasteiger partial charge in [0.05, 0.1) is 30.5 Å².